The Morgan fingerprint density at radius 3 is 2.70 bits per heavy atom. The average molecular weight is 401 g/mol. The molecule has 5 nitrogen and oxygen atoms in total. The minimum absolute atomic E-state index is 0.295. The van der Waals surface area contributed by atoms with E-state index in [0.29, 0.717) is 15.8 Å². The lowest BCUT2D eigenvalue weighted by Gasteiger charge is -2.08. The molecule has 140 valence electrons. The molecule has 0 saturated carbocycles. The van der Waals surface area contributed by atoms with Crippen molar-refractivity contribution in [3.8, 4) is 0 Å². The molecule has 7 heteroatoms. The molecule has 0 aromatic heterocycles. The van der Waals surface area contributed by atoms with E-state index in [-0.39, 0.29) is 5.91 Å². The van der Waals surface area contributed by atoms with Crippen molar-refractivity contribution >= 4 is 45.8 Å². The van der Waals surface area contributed by atoms with Crippen molar-refractivity contribution in [2.24, 2.45) is 10.1 Å². The van der Waals surface area contributed by atoms with Crippen molar-refractivity contribution in [2.45, 2.75) is 25.5 Å². The largest absolute Gasteiger partial charge is 0.335 e. The van der Waals surface area contributed by atoms with Crippen LogP contribution in [0.4, 0.5) is 5.69 Å². The molecule has 3 rings (SSSR count). The Kier molecular flexibility index (Phi) is 6.53. The molecule has 1 heterocycles. The topological polar surface area (TPSA) is 65.8 Å². The summed E-state index contributed by atoms with van der Waals surface area (Å²) in [5.74, 6) is -0.295. The lowest BCUT2D eigenvalue weighted by Crippen LogP contribution is -2.19. The van der Waals surface area contributed by atoms with E-state index in [1.165, 1.54) is 0 Å². The number of carbonyl (C=O) groups is 1. The Morgan fingerprint density at radius 1 is 1.26 bits per heavy atom. The quantitative estimate of drug-likeness (QED) is 0.560. The minimum atomic E-state index is -0.295. The van der Waals surface area contributed by atoms with Gasteiger partial charge in [-0.15, -0.1) is 0 Å². The first-order chi connectivity index (χ1) is 13.0. The highest BCUT2D eigenvalue weighted by molar-refractivity contribution is 8.15. The first kappa shape index (κ1) is 19.5. The highest BCUT2D eigenvalue weighted by Crippen LogP contribution is 2.24. The fourth-order valence-electron chi connectivity index (χ4n) is 2.51. The highest BCUT2D eigenvalue weighted by Gasteiger charge is 2.17. The lowest BCUT2D eigenvalue weighted by molar-refractivity contribution is 0.0955. The van der Waals surface area contributed by atoms with Crippen LogP contribution in [0.3, 0.4) is 0 Å². The van der Waals surface area contributed by atoms with Gasteiger partial charge in [0.15, 0.2) is 5.17 Å². The molecule has 1 atom stereocenters. The maximum atomic E-state index is 12.1. The van der Waals surface area contributed by atoms with Gasteiger partial charge >= 0.3 is 0 Å². The zero-order chi connectivity index (χ0) is 19.2. The van der Waals surface area contributed by atoms with Gasteiger partial charge in [-0.1, -0.05) is 48.5 Å². The van der Waals surface area contributed by atoms with Gasteiger partial charge in [0, 0.05) is 21.5 Å². The predicted octanol–water partition coefficient (Wildman–Crippen LogP) is 4.79. The summed E-state index contributed by atoms with van der Waals surface area (Å²) in [6, 6.07) is 14.6. The van der Waals surface area contributed by atoms with E-state index in [2.05, 4.69) is 27.8 Å². The number of hydrogen-bond donors (Lipinski definition) is 2. The van der Waals surface area contributed by atoms with Crippen LogP contribution >= 0.6 is 23.4 Å². The fourth-order valence-corrected chi connectivity index (χ4v) is 3.66. The lowest BCUT2D eigenvalue weighted by atomic mass is 10.1. The number of rotatable bonds is 5. The monoisotopic (exact) mass is 400 g/mol. The number of aliphatic imine (C=N–C) groups is 1. The molecule has 0 saturated heterocycles. The van der Waals surface area contributed by atoms with Crippen molar-refractivity contribution in [1.82, 2.24) is 5.43 Å². The summed E-state index contributed by atoms with van der Waals surface area (Å²) >= 11 is 7.69. The van der Waals surface area contributed by atoms with Crippen LogP contribution in [0.25, 0.3) is 0 Å². The Balaban J connectivity index is 1.59. The average Bonchev–Trinajstić information content (AvgIpc) is 3.14. The van der Waals surface area contributed by atoms with Gasteiger partial charge in [-0.05, 0) is 49.2 Å². The molecule has 1 aliphatic heterocycles. The normalized spacial score (nSPS) is 16.8. The second-order valence-electron chi connectivity index (χ2n) is 6.14. The molecule has 0 aliphatic carbocycles. The molecular weight excluding hydrogens is 380 g/mol. The maximum absolute atomic E-state index is 12.1. The van der Waals surface area contributed by atoms with Crippen LogP contribution in [-0.4, -0.2) is 28.6 Å². The van der Waals surface area contributed by atoms with Gasteiger partial charge in [-0.2, -0.15) is 5.10 Å². The van der Waals surface area contributed by atoms with E-state index in [0.717, 1.165) is 35.1 Å². The van der Waals surface area contributed by atoms with Gasteiger partial charge in [0.05, 0.1) is 12.3 Å². The van der Waals surface area contributed by atoms with Crippen LogP contribution in [0.2, 0.25) is 5.02 Å². The second-order valence-corrected chi connectivity index (χ2v) is 7.87. The summed E-state index contributed by atoms with van der Waals surface area (Å²) in [4.78, 5) is 16.6. The molecule has 1 aliphatic rings. The summed E-state index contributed by atoms with van der Waals surface area (Å²) in [6.07, 6.45) is 1.12. The number of amides is 1. The maximum Gasteiger partial charge on any atom is 0.271 e. The molecule has 0 unspecified atom stereocenters. The van der Waals surface area contributed by atoms with Crippen LogP contribution in [-0.2, 0) is 0 Å². The smallest absolute Gasteiger partial charge is 0.271 e. The van der Waals surface area contributed by atoms with Crippen LogP contribution in [0.5, 0.6) is 0 Å². The zero-order valence-corrected chi connectivity index (χ0v) is 16.8. The SMILES string of the molecule is CC[C@H]1CN=C(Nc2ccc(/C(C)=N\NC(=O)c3cccc(Cl)c3)cc2)S1. The summed E-state index contributed by atoms with van der Waals surface area (Å²) in [5.41, 5.74) is 5.66. The third-order valence-corrected chi connectivity index (χ3v) is 5.64. The van der Waals surface area contributed by atoms with Crippen LogP contribution in [0, 0.1) is 0 Å². The summed E-state index contributed by atoms with van der Waals surface area (Å²) in [6.45, 7) is 4.90. The molecule has 0 fully saturated rings. The second kappa shape index (κ2) is 9.06. The number of thioether (sulfide) groups is 1. The number of amidine groups is 1. The van der Waals surface area contributed by atoms with E-state index < -0.39 is 0 Å². The Morgan fingerprint density at radius 2 is 2.04 bits per heavy atom. The van der Waals surface area contributed by atoms with Gasteiger partial charge in [0.2, 0.25) is 0 Å². The van der Waals surface area contributed by atoms with Crippen molar-refractivity contribution < 1.29 is 4.79 Å². The van der Waals surface area contributed by atoms with Crippen LogP contribution in [0.15, 0.2) is 58.6 Å². The molecule has 1 amide bonds. The van der Waals surface area contributed by atoms with Crippen molar-refractivity contribution in [3.05, 3.63) is 64.7 Å². The first-order valence-corrected chi connectivity index (χ1v) is 9.99. The van der Waals surface area contributed by atoms with E-state index in [4.69, 9.17) is 11.6 Å². The molecule has 2 aromatic carbocycles. The van der Waals surface area contributed by atoms with Gasteiger partial charge in [0.25, 0.3) is 5.91 Å². The molecular formula is C20H21ClN4OS. The van der Waals surface area contributed by atoms with Crippen LogP contribution in [0.1, 0.15) is 36.2 Å². The Bertz CT molecular complexity index is 880. The molecule has 27 heavy (non-hydrogen) atoms. The molecule has 0 bridgehead atoms. The first-order valence-electron chi connectivity index (χ1n) is 8.74. The van der Waals surface area contributed by atoms with Gasteiger partial charge < -0.3 is 5.32 Å². The fraction of sp³-hybridized carbons (Fsp3) is 0.250. The van der Waals surface area contributed by atoms with Gasteiger partial charge in [-0.3, -0.25) is 9.79 Å². The Hall–Kier alpha value is -2.31. The molecule has 2 N–H and O–H groups in total. The number of carbonyl (C=O) groups excluding carboxylic acids is 1. The number of nitrogens with zero attached hydrogens (tertiary/aromatic N) is 2. The third kappa shape index (κ3) is 5.34. The van der Waals surface area contributed by atoms with Crippen molar-refractivity contribution in [3.63, 3.8) is 0 Å². The van der Waals surface area contributed by atoms with Crippen molar-refractivity contribution in [2.75, 3.05) is 11.9 Å². The highest BCUT2D eigenvalue weighted by atomic mass is 35.5. The summed E-state index contributed by atoms with van der Waals surface area (Å²) < 4.78 is 0. The Labute approximate surface area is 168 Å². The van der Waals surface area contributed by atoms with Gasteiger partial charge in [0.1, 0.15) is 0 Å². The van der Waals surface area contributed by atoms with E-state index in [1.807, 2.05) is 31.2 Å². The molecule has 0 spiro atoms. The number of anilines is 1. The minimum Gasteiger partial charge on any atom is -0.335 e. The van der Waals surface area contributed by atoms with E-state index in [9.17, 15) is 4.79 Å². The standard InChI is InChI=1S/C20H21ClN4OS/c1-3-18-12-22-20(27-18)23-17-9-7-14(8-10-17)13(2)24-25-19(26)15-5-4-6-16(21)11-15/h4-11,18H,3,12H2,1-2H3,(H,22,23)(H,25,26)/b24-13-/t18-/m0/s1. The summed E-state index contributed by atoms with van der Waals surface area (Å²) in [7, 11) is 0. The molecule has 2 aromatic rings. The number of hydrazone groups is 1. The van der Waals surface area contributed by atoms with E-state index >= 15 is 0 Å². The number of hydrogen-bond acceptors (Lipinski definition) is 5. The predicted molar refractivity (Wildman–Crippen MR) is 115 cm³/mol. The number of halogens is 1. The number of benzene rings is 2. The third-order valence-electron chi connectivity index (χ3n) is 4.14. The number of nitrogens with one attached hydrogen (secondary N) is 2. The molecule has 0 radical (unpaired) electrons. The zero-order valence-electron chi connectivity index (χ0n) is 15.2. The van der Waals surface area contributed by atoms with Crippen LogP contribution < -0.4 is 10.7 Å². The van der Waals surface area contributed by atoms with Crippen molar-refractivity contribution in [1.29, 1.82) is 0 Å². The van der Waals surface area contributed by atoms with E-state index in [1.54, 1.807) is 36.0 Å². The van der Waals surface area contributed by atoms with Gasteiger partial charge in [-0.25, -0.2) is 5.43 Å². The summed E-state index contributed by atoms with van der Waals surface area (Å²) in [5, 5.41) is 9.57.